The second-order valence-electron chi connectivity index (χ2n) is 4.80. The van der Waals surface area contributed by atoms with Gasteiger partial charge in [0.2, 0.25) is 5.91 Å². The van der Waals surface area contributed by atoms with Crippen molar-refractivity contribution in [3.63, 3.8) is 0 Å². The van der Waals surface area contributed by atoms with E-state index in [-0.39, 0.29) is 28.8 Å². The molecule has 1 heterocycles. The Balaban J connectivity index is 1.83. The molecule has 5 nitrogen and oxygen atoms in total. The Morgan fingerprint density at radius 2 is 1.83 bits per heavy atom. The van der Waals surface area contributed by atoms with Crippen LogP contribution in [0.5, 0.6) is 5.75 Å². The molecule has 0 aliphatic carbocycles. The number of hydrogen-bond acceptors (Lipinski definition) is 4. The third kappa shape index (κ3) is 4.87. The van der Waals surface area contributed by atoms with Crippen LogP contribution in [0.1, 0.15) is 15.2 Å². The standard InChI is InChI=1S/C16H16Cl2N2O3S/c1-23-15-12(18)5-4-11(17)14(15)16(22)20-7-6-19-13(21)9-10-3-2-8-24-10/h2-5,8H,6-7,9H2,1H3,(H,19,21)(H,20,22). The van der Waals surface area contributed by atoms with E-state index >= 15 is 0 Å². The second kappa shape index (κ2) is 8.92. The first-order chi connectivity index (χ1) is 11.5. The lowest BCUT2D eigenvalue weighted by Crippen LogP contribution is -2.35. The Morgan fingerprint density at radius 3 is 2.50 bits per heavy atom. The van der Waals surface area contributed by atoms with Crippen molar-refractivity contribution in [3.8, 4) is 5.75 Å². The molecule has 0 aliphatic rings. The Bertz CT molecular complexity index is 720. The van der Waals surface area contributed by atoms with Crippen molar-refractivity contribution in [2.45, 2.75) is 6.42 Å². The van der Waals surface area contributed by atoms with E-state index in [9.17, 15) is 9.59 Å². The lowest BCUT2D eigenvalue weighted by molar-refractivity contribution is -0.120. The van der Waals surface area contributed by atoms with Gasteiger partial charge in [0, 0.05) is 18.0 Å². The second-order valence-corrected chi connectivity index (χ2v) is 6.65. The summed E-state index contributed by atoms with van der Waals surface area (Å²) in [6.07, 6.45) is 0.333. The van der Waals surface area contributed by atoms with Gasteiger partial charge in [-0.2, -0.15) is 0 Å². The zero-order chi connectivity index (χ0) is 17.5. The molecule has 128 valence electrons. The molecule has 0 radical (unpaired) electrons. The van der Waals surface area contributed by atoms with E-state index in [4.69, 9.17) is 27.9 Å². The first-order valence-corrected chi connectivity index (χ1v) is 8.75. The minimum atomic E-state index is -0.410. The van der Waals surface area contributed by atoms with Crippen molar-refractivity contribution in [1.82, 2.24) is 10.6 Å². The average molecular weight is 387 g/mol. The Labute approximate surface area is 153 Å². The monoisotopic (exact) mass is 386 g/mol. The van der Waals surface area contributed by atoms with Gasteiger partial charge in [-0.05, 0) is 23.6 Å². The number of carbonyl (C=O) groups is 2. The van der Waals surface area contributed by atoms with E-state index < -0.39 is 5.91 Å². The Hall–Kier alpha value is -1.76. The van der Waals surface area contributed by atoms with Gasteiger partial charge in [-0.1, -0.05) is 29.3 Å². The summed E-state index contributed by atoms with van der Waals surface area (Å²) in [4.78, 5) is 25.0. The summed E-state index contributed by atoms with van der Waals surface area (Å²) < 4.78 is 5.14. The van der Waals surface area contributed by atoms with Crippen LogP contribution < -0.4 is 15.4 Å². The number of methoxy groups -OCH3 is 1. The molecule has 0 spiro atoms. The molecule has 0 saturated carbocycles. The van der Waals surface area contributed by atoms with E-state index in [1.54, 1.807) is 6.07 Å². The van der Waals surface area contributed by atoms with Gasteiger partial charge in [0.1, 0.15) is 5.56 Å². The first-order valence-electron chi connectivity index (χ1n) is 7.12. The molecule has 0 unspecified atom stereocenters. The minimum Gasteiger partial charge on any atom is -0.494 e. The van der Waals surface area contributed by atoms with Crippen molar-refractivity contribution >= 4 is 46.4 Å². The molecule has 0 fully saturated rings. The van der Waals surface area contributed by atoms with Crippen LogP contribution in [-0.2, 0) is 11.2 Å². The highest BCUT2D eigenvalue weighted by atomic mass is 35.5. The summed E-state index contributed by atoms with van der Waals surface area (Å²) in [5.74, 6) is -0.277. The third-order valence-electron chi connectivity index (χ3n) is 3.14. The van der Waals surface area contributed by atoms with Crippen LogP contribution in [0.2, 0.25) is 10.0 Å². The molecular formula is C16H16Cl2N2O3S. The molecule has 24 heavy (non-hydrogen) atoms. The van der Waals surface area contributed by atoms with Gasteiger partial charge in [0.15, 0.2) is 5.75 Å². The number of nitrogens with one attached hydrogen (secondary N) is 2. The van der Waals surface area contributed by atoms with Crippen molar-refractivity contribution < 1.29 is 14.3 Å². The van der Waals surface area contributed by atoms with E-state index in [1.807, 2.05) is 17.5 Å². The molecule has 2 aromatic rings. The molecule has 2 amide bonds. The fourth-order valence-corrected chi connectivity index (χ4v) is 3.22. The van der Waals surface area contributed by atoms with Gasteiger partial charge in [-0.15, -0.1) is 11.3 Å². The van der Waals surface area contributed by atoms with Crippen molar-refractivity contribution in [2.75, 3.05) is 20.2 Å². The zero-order valence-electron chi connectivity index (χ0n) is 12.9. The van der Waals surface area contributed by atoms with Crippen LogP contribution in [0, 0.1) is 0 Å². The van der Waals surface area contributed by atoms with E-state index in [1.165, 1.54) is 24.5 Å². The number of thiophene rings is 1. The first kappa shape index (κ1) is 18.6. The normalized spacial score (nSPS) is 10.3. The minimum absolute atomic E-state index is 0.0925. The molecule has 2 N–H and O–H groups in total. The van der Waals surface area contributed by atoms with Gasteiger partial charge in [-0.3, -0.25) is 9.59 Å². The predicted octanol–water partition coefficient (Wildman–Crippen LogP) is 3.15. The maximum absolute atomic E-state index is 12.3. The highest BCUT2D eigenvalue weighted by Crippen LogP contribution is 2.33. The van der Waals surface area contributed by atoms with Gasteiger partial charge >= 0.3 is 0 Å². The zero-order valence-corrected chi connectivity index (χ0v) is 15.2. The topological polar surface area (TPSA) is 67.4 Å². The number of hydrogen-bond donors (Lipinski definition) is 2. The van der Waals surface area contributed by atoms with E-state index in [2.05, 4.69) is 10.6 Å². The highest BCUT2D eigenvalue weighted by molar-refractivity contribution is 7.10. The molecule has 0 bridgehead atoms. The summed E-state index contributed by atoms with van der Waals surface area (Å²) >= 11 is 13.6. The van der Waals surface area contributed by atoms with Crippen LogP contribution >= 0.6 is 34.5 Å². The number of rotatable bonds is 7. The molecule has 1 aromatic heterocycles. The summed E-state index contributed by atoms with van der Waals surface area (Å²) in [6.45, 7) is 0.581. The molecule has 0 aliphatic heterocycles. The summed E-state index contributed by atoms with van der Waals surface area (Å²) in [7, 11) is 1.42. The maximum atomic E-state index is 12.3. The number of ether oxygens (including phenoxy) is 1. The quantitative estimate of drug-likeness (QED) is 0.718. The number of carbonyl (C=O) groups excluding carboxylic acids is 2. The van der Waals surface area contributed by atoms with Crippen molar-refractivity contribution in [1.29, 1.82) is 0 Å². The smallest absolute Gasteiger partial charge is 0.256 e. The average Bonchev–Trinajstić information content (AvgIpc) is 3.06. The van der Waals surface area contributed by atoms with E-state index in [0.717, 1.165) is 4.88 Å². The SMILES string of the molecule is COc1c(Cl)ccc(Cl)c1C(=O)NCCNC(=O)Cc1cccs1. The predicted molar refractivity (Wildman–Crippen MR) is 96.4 cm³/mol. The van der Waals surface area contributed by atoms with Crippen LogP contribution in [0.25, 0.3) is 0 Å². The lowest BCUT2D eigenvalue weighted by atomic mass is 10.2. The lowest BCUT2D eigenvalue weighted by Gasteiger charge is -2.12. The highest BCUT2D eigenvalue weighted by Gasteiger charge is 2.19. The van der Waals surface area contributed by atoms with Crippen molar-refractivity contribution in [3.05, 3.63) is 50.1 Å². The summed E-state index contributed by atoms with van der Waals surface area (Å²) in [5, 5.41) is 7.90. The molecule has 1 aromatic carbocycles. The van der Waals surface area contributed by atoms with E-state index in [0.29, 0.717) is 18.0 Å². The summed E-state index contributed by atoms with van der Waals surface area (Å²) in [5.41, 5.74) is 0.177. The maximum Gasteiger partial charge on any atom is 0.256 e. The fourth-order valence-electron chi connectivity index (χ4n) is 2.04. The number of benzene rings is 1. The fraction of sp³-hybridized carbons (Fsp3) is 0.250. The van der Waals surface area contributed by atoms with Gasteiger partial charge in [0.25, 0.3) is 5.91 Å². The van der Waals surface area contributed by atoms with Crippen LogP contribution in [-0.4, -0.2) is 32.0 Å². The van der Waals surface area contributed by atoms with Crippen LogP contribution in [0.4, 0.5) is 0 Å². The number of amides is 2. The third-order valence-corrected chi connectivity index (χ3v) is 4.63. The summed E-state index contributed by atoms with van der Waals surface area (Å²) in [6, 6.07) is 6.89. The molecule has 8 heteroatoms. The van der Waals surface area contributed by atoms with Crippen molar-refractivity contribution in [2.24, 2.45) is 0 Å². The Morgan fingerprint density at radius 1 is 1.12 bits per heavy atom. The largest absolute Gasteiger partial charge is 0.494 e. The number of halogens is 2. The molecule has 2 rings (SSSR count). The molecule has 0 saturated heterocycles. The van der Waals surface area contributed by atoms with Crippen LogP contribution in [0.15, 0.2) is 29.6 Å². The Kier molecular flexibility index (Phi) is 6.90. The van der Waals surface area contributed by atoms with Crippen LogP contribution in [0.3, 0.4) is 0 Å². The molecular weight excluding hydrogens is 371 g/mol. The van der Waals surface area contributed by atoms with Gasteiger partial charge in [-0.25, -0.2) is 0 Å². The van der Waals surface area contributed by atoms with Gasteiger partial charge < -0.3 is 15.4 Å². The molecule has 0 atom stereocenters. The van der Waals surface area contributed by atoms with Gasteiger partial charge in [0.05, 0.1) is 23.6 Å².